The van der Waals surface area contributed by atoms with Gasteiger partial charge < -0.3 is 18.9 Å². The van der Waals surface area contributed by atoms with Crippen molar-refractivity contribution in [2.24, 2.45) is 11.8 Å². The summed E-state index contributed by atoms with van der Waals surface area (Å²) in [6, 6.07) is 0. The lowest BCUT2D eigenvalue weighted by molar-refractivity contribution is -0.0464. The zero-order valence-electron chi connectivity index (χ0n) is 20.7. The number of rotatable bonds is 9. The van der Waals surface area contributed by atoms with Crippen LogP contribution in [-0.2, 0) is 20.8 Å². The summed E-state index contributed by atoms with van der Waals surface area (Å²) in [6.07, 6.45) is 10.2. The van der Waals surface area contributed by atoms with Crippen LogP contribution in [0.25, 0.3) is 0 Å². The molecule has 0 radical (unpaired) electrons. The summed E-state index contributed by atoms with van der Waals surface area (Å²) in [5.74, 6) is 2.70. The van der Waals surface area contributed by atoms with Crippen LogP contribution in [-0.4, -0.2) is 91.1 Å². The molecule has 3 heterocycles. The fraction of sp³-hybridized carbons (Fsp3) is 0.692. The summed E-state index contributed by atoms with van der Waals surface area (Å²) in [7, 11) is 1.65. The molecule has 8 heteroatoms. The largest absolute Gasteiger partial charge is 0.495 e. The van der Waals surface area contributed by atoms with Gasteiger partial charge in [-0.1, -0.05) is 19.9 Å². The van der Waals surface area contributed by atoms with Crippen molar-refractivity contribution in [3.05, 3.63) is 41.6 Å². The van der Waals surface area contributed by atoms with Crippen molar-refractivity contribution < 1.29 is 18.9 Å². The Bertz CT molecular complexity index is 920. The van der Waals surface area contributed by atoms with Crippen molar-refractivity contribution in [2.75, 3.05) is 59.7 Å². The number of nitrogens with zero attached hydrogens (tertiary/aromatic N) is 4. The van der Waals surface area contributed by atoms with Crippen LogP contribution in [0.5, 0.6) is 5.88 Å². The van der Waals surface area contributed by atoms with Crippen molar-refractivity contribution in [1.82, 2.24) is 19.8 Å². The van der Waals surface area contributed by atoms with E-state index in [0.29, 0.717) is 17.7 Å². The minimum Gasteiger partial charge on any atom is -0.495 e. The quantitative estimate of drug-likeness (QED) is 0.546. The van der Waals surface area contributed by atoms with E-state index in [2.05, 4.69) is 45.8 Å². The SMILES string of the molecule is COc1nccnc1CN1CCO[C@@H](CN(CC2=CC3CC34OCCCOC4=C2)CC(C)C)C1. The summed E-state index contributed by atoms with van der Waals surface area (Å²) in [5.41, 5.74) is 2.07. The van der Waals surface area contributed by atoms with Gasteiger partial charge in [0, 0.05) is 64.0 Å². The molecule has 1 aromatic rings. The van der Waals surface area contributed by atoms with Crippen LogP contribution in [0, 0.1) is 11.8 Å². The first-order chi connectivity index (χ1) is 16.6. The first kappa shape index (κ1) is 23.7. The van der Waals surface area contributed by atoms with E-state index in [-0.39, 0.29) is 11.7 Å². The monoisotopic (exact) mass is 470 g/mol. The Balaban J connectivity index is 1.22. The summed E-state index contributed by atoms with van der Waals surface area (Å²) in [6.45, 7) is 12.2. The average Bonchev–Trinajstić information content (AvgIpc) is 3.56. The van der Waals surface area contributed by atoms with E-state index in [9.17, 15) is 0 Å². The van der Waals surface area contributed by atoms with Gasteiger partial charge in [-0.3, -0.25) is 14.8 Å². The van der Waals surface area contributed by atoms with Crippen LogP contribution in [0.3, 0.4) is 0 Å². The highest BCUT2D eigenvalue weighted by molar-refractivity contribution is 5.42. The molecular formula is C26H38N4O4. The second-order valence-corrected chi connectivity index (χ2v) is 10.3. The molecule has 8 nitrogen and oxygen atoms in total. The molecular weight excluding hydrogens is 432 g/mol. The van der Waals surface area contributed by atoms with Crippen LogP contribution < -0.4 is 4.74 Å². The Morgan fingerprint density at radius 1 is 1.24 bits per heavy atom. The molecule has 4 aliphatic rings. The summed E-state index contributed by atoms with van der Waals surface area (Å²) in [4.78, 5) is 13.7. The topological polar surface area (TPSA) is 69.2 Å². The zero-order valence-corrected chi connectivity index (χ0v) is 20.7. The van der Waals surface area contributed by atoms with Crippen LogP contribution in [0.1, 0.15) is 32.4 Å². The molecule has 2 unspecified atom stereocenters. The first-order valence-electron chi connectivity index (χ1n) is 12.7. The van der Waals surface area contributed by atoms with Crippen LogP contribution in [0.15, 0.2) is 35.9 Å². The number of hydrogen-bond acceptors (Lipinski definition) is 8. The number of aromatic nitrogens is 2. The second kappa shape index (κ2) is 10.3. The molecule has 2 aliphatic carbocycles. The predicted molar refractivity (Wildman–Crippen MR) is 128 cm³/mol. The Hall–Kier alpha value is -2.00. The maximum absolute atomic E-state index is 6.20. The van der Waals surface area contributed by atoms with E-state index < -0.39 is 0 Å². The van der Waals surface area contributed by atoms with E-state index in [1.54, 1.807) is 19.5 Å². The van der Waals surface area contributed by atoms with E-state index in [0.717, 1.165) is 83.4 Å². The van der Waals surface area contributed by atoms with Crippen LogP contribution in [0.4, 0.5) is 0 Å². The number of methoxy groups -OCH3 is 1. The standard InChI is InChI=1S/C26H38N4O4/c1-19(2)14-30(15-20-11-21-13-26(21)24(12-20)33-8-4-9-34-26)17-22-16-29(7-10-32-22)18-23-25(31-3)28-6-5-27-23/h5-6,11-12,19,21-22H,4,7-10,13-18H2,1-3H3/t21?,22-,26?/m1/s1. The molecule has 34 heavy (non-hydrogen) atoms. The highest BCUT2D eigenvalue weighted by atomic mass is 16.6. The van der Waals surface area contributed by atoms with Gasteiger partial charge in [-0.25, -0.2) is 4.98 Å². The molecule has 1 saturated carbocycles. The Morgan fingerprint density at radius 2 is 2.12 bits per heavy atom. The number of morpholine rings is 1. The van der Waals surface area contributed by atoms with Crippen molar-refractivity contribution in [3.63, 3.8) is 0 Å². The van der Waals surface area contributed by atoms with Gasteiger partial charge in [-0.15, -0.1) is 0 Å². The Kier molecular flexibility index (Phi) is 7.20. The molecule has 186 valence electrons. The fourth-order valence-corrected chi connectivity index (χ4v) is 5.48. The number of ether oxygens (including phenoxy) is 4. The normalized spacial score (nSPS) is 29.0. The first-order valence-corrected chi connectivity index (χ1v) is 12.7. The molecule has 2 aliphatic heterocycles. The molecule has 3 atom stereocenters. The van der Waals surface area contributed by atoms with Crippen LogP contribution in [0.2, 0.25) is 0 Å². The zero-order chi connectivity index (χ0) is 23.5. The summed E-state index contributed by atoms with van der Waals surface area (Å²) in [5, 5.41) is 0. The third-order valence-corrected chi connectivity index (χ3v) is 7.03. The van der Waals surface area contributed by atoms with Crippen molar-refractivity contribution in [2.45, 2.75) is 44.9 Å². The molecule has 1 aromatic heterocycles. The van der Waals surface area contributed by atoms with Crippen LogP contribution >= 0.6 is 0 Å². The van der Waals surface area contributed by atoms with Gasteiger partial charge in [0.05, 0.1) is 33.0 Å². The molecule has 1 spiro atoms. The van der Waals surface area contributed by atoms with Gasteiger partial charge >= 0.3 is 0 Å². The van der Waals surface area contributed by atoms with E-state index in [1.165, 1.54) is 5.57 Å². The number of hydrogen-bond donors (Lipinski definition) is 0. The highest BCUT2D eigenvalue weighted by Crippen LogP contribution is 2.57. The van der Waals surface area contributed by atoms with E-state index >= 15 is 0 Å². The Morgan fingerprint density at radius 3 is 2.97 bits per heavy atom. The third-order valence-electron chi connectivity index (χ3n) is 7.03. The van der Waals surface area contributed by atoms with E-state index in [4.69, 9.17) is 18.9 Å². The van der Waals surface area contributed by atoms with Gasteiger partial charge in [0.25, 0.3) is 0 Å². The fourth-order valence-electron chi connectivity index (χ4n) is 5.48. The van der Waals surface area contributed by atoms with Gasteiger partial charge in [0.1, 0.15) is 17.1 Å². The van der Waals surface area contributed by atoms with Crippen molar-refractivity contribution >= 4 is 0 Å². The summed E-state index contributed by atoms with van der Waals surface area (Å²) >= 11 is 0. The van der Waals surface area contributed by atoms with Gasteiger partial charge in [-0.2, -0.15) is 0 Å². The molecule has 0 N–H and O–H groups in total. The maximum atomic E-state index is 6.20. The van der Waals surface area contributed by atoms with Gasteiger partial charge in [-0.05, 0) is 24.0 Å². The van der Waals surface area contributed by atoms with Crippen molar-refractivity contribution in [3.8, 4) is 5.88 Å². The lowest BCUT2D eigenvalue weighted by Gasteiger charge is -2.36. The van der Waals surface area contributed by atoms with Gasteiger partial charge in [0.15, 0.2) is 0 Å². The molecule has 0 amide bonds. The molecule has 2 saturated heterocycles. The van der Waals surface area contributed by atoms with Gasteiger partial charge in [0.2, 0.25) is 5.88 Å². The highest BCUT2D eigenvalue weighted by Gasteiger charge is 2.60. The average molecular weight is 471 g/mol. The van der Waals surface area contributed by atoms with E-state index in [1.807, 2.05) is 0 Å². The lowest BCUT2D eigenvalue weighted by Crippen LogP contribution is -2.48. The second-order valence-electron chi connectivity index (χ2n) is 10.3. The van der Waals surface area contributed by atoms with Crippen molar-refractivity contribution in [1.29, 1.82) is 0 Å². The molecule has 5 rings (SSSR count). The molecule has 0 aromatic carbocycles. The minimum atomic E-state index is -0.156. The minimum absolute atomic E-state index is 0.156. The molecule has 0 bridgehead atoms. The molecule has 3 fully saturated rings. The lowest BCUT2D eigenvalue weighted by atomic mass is 10.0. The Labute approximate surface area is 202 Å². The summed E-state index contributed by atoms with van der Waals surface area (Å²) < 4.78 is 23.9. The smallest absolute Gasteiger partial charge is 0.236 e. The third kappa shape index (κ3) is 5.30. The predicted octanol–water partition coefficient (Wildman–Crippen LogP) is 2.66. The maximum Gasteiger partial charge on any atom is 0.236 e.